The zero-order valence-corrected chi connectivity index (χ0v) is 18.0. The largest absolute Gasteiger partial charge is 0.472 e. The van der Waals surface area contributed by atoms with Crippen LogP contribution in [0.25, 0.3) is 11.0 Å². The van der Waals surface area contributed by atoms with Gasteiger partial charge in [0.15, 0.2) is 5.82 Å². The summed E-state index contributed by atoms with van der Waals surface area (Å²) in [4.78, 5) is 26.8. The van der Waals surface area contributed by atoms with Gasteiger partial charge in [0, 0.05) is 24.6 Å². The summed E-state index contributed by atoms with van der Waals surface area (Å²) in [6.45, 7) is 4.63. The van der Waals surface area contributed by atoms with E-state index in [1.807, 2.05) is 6.07 Å². The molecule has 3 aromatic rings. The molecule has 1 aliphatic heterocycles. The summed E-state index contributed by atoms with van der Waals surface area (Å²) < 4.78 is 20.7. The molecular formula is C23H21ClFN5O2. The number of nitrogens with zero attached hydrogens (tertiary/aromatic N) is 4. The third kappa shape index (κ3) is 3.75. The van der Waals surface area contributed by atoms with E-state index in [1.54, 1.807) is 23.1 Å². The molecule has 1 aromatic carbocycles. The number of rotatable bonds is 6. The van der Waals surface area contributed by atoms with E-state index in [2.05, 4.69) is 26.8 Å². The first kappa shape index (κ1) is 20.6. The number of pyridine rings is 1. The lowest BCUT2D eigenvalue weighted by molar-refractivity contribution is -0.125. The van der Waals surface area contributed by atoms with Gasteiger partial charge < -0.3 is 15.0 Å². The van der Waals surface area contributed by atoms with Crippen LogP contribution < -0.4 is 10.1 Å². The highest BCUT2D eigenvalue weighted by atomic mass is 35.5. The predicted molar refractivity (Wildman–Crippen MR) is 119 cm³/mol. The van der Waals surface area contributed by atoms with Crippen molar-refractivity contribution in [3.8, 4) is 5.88 Å². The van der Waals surface area contributed by atoms with Gasteiger partial charge in [-0.15, -0.1) is 0 Å². The van der Waals surface area contributed by atoms with Gasteiger partial charge in [0.1, 0.15) is 23.8 Å². The smallest absolute Gasteiger partial charge is 0.246 e. The van der Waals surface area contributed by atoms with Crippen LogP contribution in [0.15, 0.2) is 49.3 Å². The van der Waals surface area contributed by atoms with E-state index in [-0.39, 0.29) is 17.0 Å². The lowest BCUT2D eigenvalue weighted by atomic mass is 10.0. The monoisotopic (exact) mass is 453 g/mol. The lowest BCUT2D eigenvalue weighted by Gasteiger charge is -2.20. The Hall–Kier alpha value is -3.26. The molecular weight excluding hydrogens is 433 g/mol. The van der Waals surface area contributed by atoms with Crippen LogP contribution in [0.2, 0.25) is 5.02 Å². The van der Waals surface area contributed by atoms with Gasteiger partial charge in [-0.05, 0) is 31.1 Å². The van der Waals surface area contributed by atoms with Gasteiger partial charge >= 0.3 is 0 Å². The van der Waals surface area contributed by atoms with Gasteiger partial charge in [-0.1, -0.05) is 30.3 Å². The van der Waals surface area contributed by atoms with Gasteiger partial charge in [-0.3, -0.25) is 4.79 Å². The van der Waals surface area contributed by atoms with Crippen LogP contribution in [-0.2, 0) is 10.3 Å². The SMILES string of the molecule is C=CC(=O)N1CC[C@H](Oc2ccc3ncnc(NC4(c5cccc(Cl)c5F)CC4)c3n2)C1. The fraction of sp³-hybridized carbons (Fsp3) is 0.304. The van der Waals surface area contributed by atoms with Crippen molar-refractivity contribution < 1.29 is 13.9 Å². The Morgan fingerprint density at radius 2 is 2.16 bits per heavy atom. The van der Waals surface area contributed by atoms with Gasteiger partial charge in [0.2, 0.25) is 11.8 Å². The fourth-order valence-electron chi connectivity index (χ4n) is 4.09. The molecule has 1 atom stereocenters. The summed E-state index contributed by atoms with van der Waals surface area (Å²) >= 11 is 6.00. The highest BCUT2D eigenvalue weighted by Crippen LogP contribution is 2.50. The maximum absolute atomic E-state index is 14.7. The van der Waals surface area contributed by atoms with Gasteiger partial charge in [-0.2, -0.15) is 0 Å². The Bertz CT molecular complexity index is 1220. The Morgan fingerprint density at radius 1 is 1.31 bits per heavy atom. The summed E-state index contributed by atoms with van der Waals surface area (Å²) in [6, 6.07) is 8.58. The van der Waals surface area contributed by atoms with E-state index >= 15 is 0 Å². The molecule has 1 saturated heterocycles. The number of aromatic nitrogens is 3. The molecule has 1 N–H and O–H groups in total. The molecule has 2 aliphatic rings. The molecule has 0 radical (unpaired) electrons. The number of fused-ring (bicyclic) bond motifs is 1. The molecule has 1 saturated carbocycles. The van der Waals surface area contributed by atoms with Crippen molar-refractivity contribution in [2.24, 2.45) is 0 Å². The van der Waals surface area contributed by atoms with Crippen LogP contribution in [0, 0.1) is 5.82 Å². The fourth-order valence-corrected chi connectivity index (χ4v) is 4.27. The van der Waals surface area contributed by atoms with Crippen molar-refractivity contribution in [2.75, 3.05) is 18.4 Å². The number of anilines is 1. The maximum atomic E-state index is 14.7. The van der Waals surface area contributed by atoms with E-state index in [1.165, 1.54) is 18.5 Å². The van der Waals surface area contributed by atoms with Crippen molar-refractivity contribution in [2.45, 2.75) is 30.9 Å². The molecule has 9 heteroatoms. The van der Waals surface area contributed by atoms with Crippen molar-refractivity contribution >= 4 is 34.4 Å². The summed E-state index contributed by atoms with van der Waals surface area (Å²) in [7, 11) is 0. The third-order valence-corrected chi connectivity index (χ3v) is 6.24. The first-order valence-electron chi connectivity index (χ1n) is 10.4. The second-order valence-electron chi connectivity index (χ2n) is 8.06. The molecule has 2 aromatic heterocycles. The number of hydrogen-bond acceptors (Lipinski definition) is 6. The predicted octanol–water partition coefficient (Wildman–Crippen LogP) is 4.08. The Balaban J connectivity index is 1.41. The molecule has 5 rings (SSSR count). The highest BCUT2D eigenvalue weighted by molar-refractivity contribution is 6.30. The number of halogens is 2. The molecule has 3 heterocycles. The molecule has 32 heavy (non-hydrogen) atoms. The normalized spacial score (nSPS) is 19.1. The molecule has 0 unspecified atom stereocenters. The number of likely N-dealkylation sites (tertiary alicyclic amines) is 1. The maximum Gasteiger partial charge on any atom is 0.246 e. The summed E-state index contributed by atoms with van der Waals surface area (Å²) in [6.07, 6.45) is 4.82. The molecule has 1 aliphatic carbocycles. The zero-order valence-electron chi connectivity index (χ0n) is 17.2. The van der Waals surface area contributed by atoms with E-state index in [4.69, 9.17) is 16.3 Å². The average Bonchev–Trinajstić information content (AvgIpc) is 3.43. The number of nitrogens with one attached hydrogen (secondary N) is 1. The third-order valence-electron chi connectivity index (χ3n) is 5.95. The van der Waals surface area contributed by atoms with Crippen LogP contribution in [-0.4, -0.2) is 45.0 Å². The Kier molecular flexibility index (Phi) is 5.17. The van der Waals surface area contributed by atoms with Crippen LogP contribution in [0.5, 0.6) is 5.88 Å². The van der Waals surface area contributed by atoms with Gasteiger partial charge in [-0.25, -0.2) is 19.3 Å². The molecule has 1 amide bonds. The van der Waals surface area contributed by atoms with E-state index in [0.717, 1.165) is 12.8 Å². The molecule has 0 bridgehead atoms. The number of hydrogen-bond donors (Lipinski definition) is 1. The molecule has 2 fully saturated rings. The second kappa shape index (κ2) is 8.02. The molecule has 7 nitrogen and oxygen atoms in total. The van der Waals surface area contributed by atoms with Crippen LogP contribution in [0.1, 0.15) is 24.8 Å². The van der Waals surface area contributed by atoms with E-state index < -0.39 is 11.4 Å². The standard InChI is InChI=1S/C23H21ClFN5O2/c1-2-19(31)30-11-8-14(12-30)32-18-7-6-17-21(28-18)22(27-13-26-17)29-23(9-10-23)15-4-3-5-16(24)20(15)25/h2-7,13-14H,1,8-12H2,(H,26,27,29)/t14-/m0/s1. The number of amides is 1. The lowest BCUT2D eigenvalue weighted by Crippen LogP contribution is -2.29. The number of ether oxygens (including phenoxy) is 1. The molecule has 0 spiro atoms. The summed E-state index contributed by atoms with van der Waals surface area (Å²) in [5, 5.41) is 3.47. The first-order valence-corrected chi connectivity index (χ1v) is 10.8. The quantitative estimate of drug-likeness (QED) is 0.566. The zero-order chi connectivity index (χ0) is 22.3. The van der Waals surface area contributed by atoms with Crippen molar-refractivity contribution in [1.29, 1.82) is 0 Å². The first-order chi connectivity index (χ1) is 15.5. The second-order valence-corrected chi connectivity index (χ2v) is 8.47. The van der Waals surface area contributed by atoms with Crippen LogP contribution >= 0.6 is 11.6 Å². The Labute approximate surface area is 189 Å². The summed E-state index contributed by atoms with van der Waals surface area (Å²) in [5.41, 5.74) is 1.12. The van der Waals surface area contributed by atoms with Gasteiger partial charge in [0.05, 0.1) is 22.6 Å². The number of carbonyl (C=O) groups excluding carboxylic acids is 1. The van der Waals surface area contributed by atoms with Crippen molar-refractivity contribution in [3.05, 3.63) is 65.7 Å². The van der Waals surface area contributed by atoms with E-state index in [0.29, 0.717) is 47.8 Å². The summed E-state index contributed by atoms with van der Waals surface area (Å²) in [5.74, 6) is 0.402. The van der Waals surface area contributed by atoms with E-state index in [9.17, 15) is 9.18 Å². The topological polar surface area (TPSA) is 80.2 Å². The van der Waals surface area contributed by atoms with Crippen LogP contribution in [0.4, 0.5) is 10.2 Å². The van der Waals surface area contributed by atoms with Crippen molar-refractivity contribution in [3.63, 3.8) is 0 Å². The van der Waals surface area contributed by atoms with Crippen molar-refractivity contribution in [1.82, 2.24) is 19.9 Å². The Morgan fingerprint density at radius 3 is 2.94 bits per heavy atom. The number of carbonyl (C=O) groups is 1. The minimum Gasteiger partial charge on any atom is -0.472 e. The highest BCUT2D eigenvalue weighted by Gasteiger charge is 2.47. The molecule has 164 valence electrons. The van der Waals surface area contributed by atoms with Gasteiger partial charge in [0.25, 0.3) is 0 Å². The average molecular weight is 454 g/mol. The minimum atomic E-state index is -0.578. The minimum absolute atomic E-state index is 0.0949. The van der Waals surface area contributed by atoms with Crippen LogP contribution in [0.3, 0.4) is 0 Å². The number of benzene rings is 1.